The predicted octanol–water partition coefficient (Wildman–Crippen LogP) is 3.09. The molecule has 3 aromatic heterocycles. The molecular weight excluding hydrogens is 330 g/mol. The Bertz CT molecular complexity index is 822. The van der Waals surface area contributed by atoms with E-state index < -0.39 is 5.97 Å². The fraction of sp³-hybridized carbons (Fsp3) is 0.188. The van der Waals surface area contributed by atoms with Crippen molar-refractivity contribution in [2.45, 2.75) is 13.3 Å². The number of hydrogen-bond acceptors (Lipinski definition) is 6. The molecule has 3 aromatic rings. The van der Waals surface area contributed by atoms with E-state index in [9.17, 15) is 9.59 Å². The summed E-state index contributed by atoms with van der Waals surface area (Å²) < 4.78 is 10.3. The Morgan fingerprint density at radius 1 is 1.38 bits per heavy atom. The Balaban J connectivity index is 1.84. The Morgan fingerprint density at radius 3 is 2.92 bits per heavy atom. The molecule has 0 radical (unpaired) electrons. The highest BCUT2D eigenvalue weighted by atomic mass is 32.1. The van der Waals surface area contributed by atoms with E-state index in [1.54, 1.807) is 19.1 Å². The number of nitrogens with zero attached hydrogens (tertiary/aromatic N) is 1. The van der Waals surface area contributed by atoms with Crippen LogP contribution in [0.3, 0.4) is 0 Å². The van der Waals surface area contributed by atoms with Crippen LogP contribution in [-0.4, -0.2) is 28.5 Å². The maximum Gasteiger partial charge on any atom is 0.358 e. The average Bonchev–Trinajstić information content (AvgIpc) is 3.28. The molecule has 124 valence electrons. The third kappa shape index (κ3) is 3.54. The zero-order chi connectivity index (χ0) is 16.9. The lowest BCUT2D eigenvalue weighted by Crippen LogP contribution is -2.17. The van der Waals surface area contributed by atoms with Gasteiger partial charge in [-0.2, -0.15) is 0 Å². The van der Waals surface area contributed by atoms with Gasteiger partial charge in [-0.1, -0.05) is 6.07 Å². The van der Waals surface area contributed by atoms with Crippen LogP contribution in [0.1, 0.15) is 22.3 Å². The first-order valence-corrected chi connectivity index (χ1v) is 8.18. The minimum absolute atomic E-state index is 0.0859. The van der Waals surface area contributed by atoms with Crippen molar-refractivity contribution in [1.29, 1.82) is 0 Å². The molecule has 0 spiro atoms. The van der Waals surface area contributed by atoms with Crippen molar-refractivity contribution < 1.29 is 18.7 Å². The topological polar surface area (TPSA) is 97.2 Å². The van der Waals surface area contributed by atoms with Gasteiger partial charge in [-0.05, 0) is 30.5 Å². The van der Waals surface area contributed by atoms with Gasteiger partial charge < -0.3 is 19.5 Å². The lowest BCUT2D eigenvalue weighted by atomic mass is 10.3. The standard InChI is InChI=1S/C16H15N3O4S/c1-2-22-16(21)13-15(17-12(20)9-10-5-4-8-24-10)19-14(18-13)11-6-3-7-23-11/h3-8H,2,9H2,1H3,(H,17,20)(H,18,19). The molecule has 0 fully saturated rings. The van der Waals surface area contributed by atoms with Crippen LogP contribution in [0, 0.1) is 0 Å². The molecule has 0 atom stereocenters. The number of furan rings is 1. The number of esters is 1. The zero-order valence-corrected chi connectivity index (χ0v) is 13.7. The lowest BCUT2D eigenvalue weighted by Gasteiger charge is -2.04. The van der Waals surface area contributed by atoms with Crippen molar-refractivity contribution >= 4 is 29.0 Å². The van der Waals surface area contributed by atoms with Crippen LogP contribution in [0.15, 0.2) is 40.3 Å². The summed E-state index contributed by atoms with van der Waals surface area (Å²) >= 11 is 1.49. The molecule has 3 heterocycles. The maximum atomic E-state index is 12.2. The zero-order valence-electron chi connectivity index (χ0n) is 12.9. The molecule has 0 bridgehead atoms. The fourth-order valence-corrected chi connectivity index (χ4v) is 2.80. The number of nitrogens with one attached hydrogen (secondary N) is 2. The van der Waals surface area contributed by atoms with Gasteiger partial charge in [0.1, 0.15) is 0 Å². The van der Waals surface area contributed by atoms with E-state index in [-0.39, 0.29) is 30.4 Å². The Kier molecular flexibility index (Phi) is 4.76. The van der Waals surface area contributed by atoms with E-state index >= 15 is 0 Å². The second-order valence-corrected chi connectivity index (χ2v) is 5.84. The van der Waals surface area contributed by atoms with Gasteiger partial charge in [0.15, 0.2) is 23.1 Å². The number of imidazole rings is 1. The van der Waals surface area contributed by atoms with Crippen LogP contribution in [-0.2, 0) is 16.0 Å². The monoisotopic (exact) mass is 345 g/mol. The number of hydrogen-bond donors (Lipinski definition) is 2. The highest BCUT2D eigenvalue weighted by Gasteiger charge is 2.22. The smallest absolute Gasteiger partial charge is 0.358 e. The molecule has 0 saturated carbocycles. The number of ether oxygens (including phenoxy) is 1. The lowest BCUT2D eigenvalue weighted by molar-refractivity contribution is -0.115. The molecule has 0 aliphatic rings. The second-order valence-electron chi connectivity index (χ2n) is 4.81. The van der Waals surface area contributed by atoms with Gasteiger partial charge in [-0.25, -0.2) is 9.78 Å². The number of rotatable bonds is 6. The fourth-order valence-electron chi connectivity index (χ4n) is 2.09. The van der Waals surface area contributed by atoms with Crippen LogP contribution in [0.5, 0.6) is 0 Å². The van der Waals surface area contributed by atoms with Gasteiger partial charge in [-0.3, -0.25) is 4.79 Å². The number of carbonyl (C=O) groups excluding carboxylic acids is 2. The molecule has 0 saturated heterocycles. The van der Waals surface area contributed by atoms with Crippen LogP contribution >= 0.6 is 11.3 Å². The number of H-pyrrole nitrogens is 1. The molecule has 0 aliphatic heterocycles. The van der Waals surface area contributed by atoms with Crippen molar-refractivity contribution in [2.75, 3.05) is 11.9 Å². The second kappa shape index (κ2) is 7.14. The van der Waals surface area contributed by atoms with Gasteiger partial charge in [-0.15, -0.1) is 11.3 Å². The third-order valence-corrected chi connectivity index (χ3v) is 3.99. The molecule has 2 N–H and O–H groups in total. The third-order valence-electron chi connectivity index (χ3n) is 3.11. The average molecular weight is 345 g/mol. The maximum absolute atomic E-state index is 12.2. The van der Waals surface area contributed by atoms with Gasteiger partial charge in [0.25, 0.3) is 0 Å². The Hall–Kier alpha value is -2.87. The van der Waals surface area contributed by atoms with Crippen LogP contribution < -0.4 is 5.32 Å². The van der Waals surface area contributed by atoms with E-state index in [1.165, 1.54) is 17.6 Å². The summed E-state index contributed by atoms with van der Waals surface area (Å²) in [6, 6.07) is 7.15. The number of carbonyl (C=O) groups is 2. The number of aromatic nitrogens is 2. The summed E-state index contributed by atoms with van der Waals surface area (Å²) in [7, 11) is 0. The van der Waals surface area contributed by atoms with Gasteiger partial charge in [0.05, 0.1) is 19.3 Å². The van der Waals surface area contributed by atoms with Crippen LogP contribution in [0.4, 0.5) is 5.82 Å². The molecule has 0 aromatic carbocycles. The van der Waals surface area contributed by atoms with Gasteiger partial charge in [0.2, 0.25) is 5.91 Å². The summed E-state index contributed by atoms with van der Waals surface area (Å²) in [4.78, 5) is 32.3. The predicted molar refractivity (Wildman–Crippen MR) is 88.9 cm³/mol. The summed E-state index contributed by atoms with van der Waals surface area (Å²) in [5, 5.41) is 4.55. The minimum atomic E-state index is -0.589. The number of amides is 1. The van der Waals surface area contributed by atoms with E-state index in [0.29, 0.717) is 11.6 Å². The first kappa shape index (κ1) is 16.0. The van der Waals surface area contributed by atoms with Crippen molar-refractivity contribution in [3.05, 3.63) is 46.5 Å². The Labute approximate surface area is 141 Å². The van der Waals surface area contributed by atoms with E-state index in [4.69, 9.17) is 9.15 Å². The molecule has 7 nitrogen and oxygen atoms in total. The van der Waals surface area contributed by atoms with Crippen LogP contribution in [0.2, 0.25) is 0 Å². The number of anilines is 1. The molecule has 0 aliphatic carbocycles. The largest absolute Gasteiger partial charge is 0.461 e. The molecule has 8 heteroatoms. The summed E-state index contributed by atoms with van der Waals surface area (Å²) in [6.07, 6.45) is 1.71. The molecule has 3 rings (SSSR count). The van der Waals surface area contributed by atoms with Crippen molar-refractivity contribution in [1.82, 2.24) is 9.97 Å². The van der Waals surface area contributed by atoms with E-state index in [0.717, 1.165) is 4.88 Å². The van der Waals surface area contributed by atoms with Gasteiger partial charge >= 0.3 is 5.97 Å². The SMILES string of the molecule is CCOC(=O)c1[nH]c(-c2ccco2)nc1NC(=O)Cc1cccs1. The van der Waals surface area contributed by atoms with Crippen molar-refractivity contribution in [3.8, 4) is 11.6 Å². The summed E-state index contributed by atoms with van der Waals surface area (Å²) in [5.74, 6) is 0.0740. The normalized spacial score (nSPS) is 10.5. The molecule has 0 unspecified atom stereocenters. The van der Waals surface area contributed by atoms with Gasteiger partial charge in [0, 0.05) is 4.88 Å². The number of thiophene rings is 1. The summed E-state index contributed by atoms with van der Waals surface area (Å²) in [5.41, 5.74) is 0.0859. The first-order chi connectivity index (χ1) is 11.7. The summed E-state index contributed by atoms with van der Waals surface area (Å²) in [6.45, 7) is 1.92. The molecule has 24 heavy (non-hydrogen) atoms. The molecule has 1 amide bonds. The van der Waals surface area contributed by atoms with Crippen LogP contribution in [0.25, 0.3) is 11.6 Å². The highest BCUT2D eigenvalue weighted by molar-refractivity contribution is 7.10. The van der Waals surface area contributed by atoms with Crippen molar-refractivity contribution in [3.63, 3.8) is 0 Å². The Morgan fingerprint density at radius 2 is 2.25 bits per heavy atom. The quantitative estimate of drug-likeness (QED) is 0.669. The van der Waals surface area contributed by atoms with Crippen molar-refractivity contribution in [2.24, 2.45) is 0 Å². The number of aromatic amines is 1. The van der Waals surface area contributed by atoms with E-state index in [2.05, 4.69) is 15.3 Å². The molecular formula is C16H15N3O4S. The van der Waals surface area contributed by atoms with E-state index in [1.807, 2.05) is 17.5 Å². The first-order valence-electron chi connectivity index (χ1n) is 7.30. The minimum Gasteiger partial charge on any atom is -0.461 e. The highest BCUT2D eigenvalue weighted by Crippen LogP contribution is 2.23.